The molecule has 1 aliphatic rings. The van der Waals surface area contributed by atoms with Crippen LogP contribution in [0.15, 0.2) is 12.1 Å². The Hall–Kier alpha value is -1.51. The van der Waals surface area contributed by atoms with Gasteiger partial charge in [0, 0.05) is 13.1 Å². The Labute approximate surface area is 115 Å². The van der Waals surface area contributed by atoms with E-state index >= 15 is 0 Å². The maximum absolute atomic E-state index is 12.2. The molecule has 0 bridgehead atoms. The molecule has 3 heteroatoms. The third-order valence-corrected chi connectivity index (χ3v) is 3.83. The highest BCUT2D eigenvalue weighted by molar-refractivity contribution is 5.81. The predicted molar refractivity (Wildman–Crippen MR) is 76.6 cm³/mol. The first-order valence-corrected chi connectivity index (χ1v) is 7.02. The number of likely N-dealkylation sites (tertiary alicyclic amines) is 1. The number of ether oxygens (including phenoxy) is 1. The van der Waals surface area contributed by atoms with Crippen LogP contribution in [0.1, 0.15) is 36.5 Å². The van der Waals surface area contributed by atoms with E-state index in [0.717, 1.165) is 37.2 Å². The van der Waals surface area contributed by atoms with Gasteiger partial charge in [-0.05, 0) is 63.3 Å². The second-order valence-corrected chi connectivity index (χ2v) is 5.50. The topological polar surface area (TPSA) is 29.5 Å². The lowest BCUT2D eigenvalue weighted by Gasteiger charge is -2.22. The third-order valence-electron chi connectivity index (χ3n) is 3.83. The highest BCUT2D eigenvalue weighted by Crippen LogP contribution is 2.25. The minimum absolute atomic E-state index is 0.107. The molecule has 3 nitrogen and oxygen atoms in total. The Bertz CT molecular complexity index is 476. The number of hydrogen-bond acceptors (Lipinski definition) is 2. The van der Waals surface area contributed by atoms with Crippen molar-refractivity contribution in [3.63, 3.8) is 0 Å². The van der Waals surface area contributed by atoms with Crippen molar-refractivity contribution >= 4 is 5.91 Å². The molecular formula is C16H23NO2. The Morgan fingerprint density at radius 3 is 2.47 bits per heavy atom. The van der Waals surface area contributed by atoms with Gasteiger partial charge in [-0.15, -0.1) is 0 Å². The van der Waals surface area contributed by atoms with Crippen molar-refractivity contribution in [1.29, 1.82) is 0 Å². The van der Waals surface area contributed by atoms with Gasteiger partial charge in [0.1, 0.15) is 5.75 Å². The Morgan fingerprint density at radius 1 is 1.21 bits per heavy atom. The van der Waals surface area contributed by atoms with Crippen LogP contribution >= 0.6 is 0 Å². The van der Waals surface area contributed by atoms with Crippen molar-refractivity contribution in [2.45, 2.75) is 46.6 Å². The minimum Gasteiger partial charge on any atom is -0.481 e. The molecule has 0 saturated carbocycles. The van der Waals surface area contributed by atoms with Gasteiger partial charge >= 0.3 is 0 Å². The van der Waals surface area contributed by atoms with Crippen LogP contribution in [0.3, 0.4) is 0 Å². The van der Waals surface area contributed by atoms with E-state index in [4.69, 9.17) is 4.74 Å². The normalized spacial score (nSPS) is 16.5. The first kappa shape index (κ1) is 13.9. The molecule has 1 saturated heterocycles. The number of rotatable bonds is 3. The second kappa shape index (κ2) is 5.64. The molecule has 1 atom stereocenters. The summed E-state index contributed by atoms with van der Waals surface area (Å²) in [7, 11) is 0. The Morgan fingerprint density at radius 2 is 1.84 bits per heavy atom. The van der Waals surface area contributed by atoms with Crippen LogP contribution in [0.2, 0.25) is 0 Å². The molecule has 1 aromatic carbocycles. The summed E-state index contributed by atoms with van der Waals surface area (Å²) in [4.78, 5) is 14.1. The van der Waals surface area contributed by atoms with E-state index in [1.807, 2.05) is 31.7 Å². The standard InChI is InChI=1S/C16H23NO2/c1-11-9-12(2)13(3)15(10-11)19-14(4)16(18)17-7-5-6-8-17/h9-10,14H,5-8H2,1-4H3/t14-/m0/s1. The summed E-state index contributed by atoms with van der Waals surface area (Å²) in [6.07, 6.45) is 1.82. The van der Waals surface area contributed by atoms with Crippen LogP contribution in [-0.4, -0.2) is 30.0 Å². The zero-order chi connectivity index (χ0) is 14.0. The van der Waals surface area contributed by atoms with Crippen molar-refractivity contribution in [3.05, 3.63) is 28.8 Å². The molecular weight excluding hydrogens is 238 g/mol. The maximum atomic E-state index is 12.2. The van der Waals surface area contributed by atoms with E-state index in [1.165, 1.54) is 11.1 Å². The first-order valence-electron chi connectivity index (χ1n) is 7.02. The van der Waals surface area contributed by atoms with Crippen molar-refractivity contribution in [3.8, 4) is 5.75 Å². The lowest BCUT2D eigenvalue weighted by Crippen LogP contribution is -2.38. The number of nitrogens with zero attached hydrogens (tertiary/aromatic N) is 1. The van der Waals surface area contributed by atoms with Gasteiger partial charge in [0.15, 0.2) is 6.10 Å². The van der Waals surface area contributed by atoms with Crippen LogP contribution in [0.4, 0.5) is 0 Å². The lowest BCUT2D eigenvalue weighted by molar-refractivity contribution is -0.136. The summed E-state index contributed by atoms with van der Waals surface area (Å²) < 4.78 is 5.89. The van der Waals surface area contributed by atoms with Crippen molar-refractivity contribution < 1.29 is 9.53 Å². The fraction of sp³-hybridized carbons (Fsp3) is 0.562. The smallest absolute Gasteiger partial charge is 0.263 e. The van der Waals surface area contributed by atoms with Crippen LogP contribution in [0.25, 0.3) is 0 Å². The van der Waals surface area contributed by atoms with Crippen LogP contribution < -0.4 is 4.74 Å². The monoisotopic (exact) mass is 261 g/mol. The number of carbonyl (C=O) groups excluding carboxylic acids is 1. The van der Waals surface area contributed by atoms with Crippen molar-refractivity contribution in [1.82, 2.24) is 4.90 Å². The third kappa shape index (κ3) is 3.09. The molecule has 1 heterocycles. The van der Waals surface area contributed by atoms with Gasteiger partial charge in [0.2, 0.25) is 0 Å². The minimum atomic E-state index is -0.405. The van der Waals surface area contributed by atoms with E-state index in [2.05, 4.69) is 13.0 Å². The summed E-state index contributed by atoms with van der Waals surface area (Å²) in [5.41, 5.74) is 3.49. The fourth-order valence-electron chi connectivity index (χ4n) is 2.56. The fourth-order valence-corrected chi connectivity index (χ4v) is 2.56. The molecule has 19 heavy (non-hydrogen) atoms. The number of amides is 1. The molecule has 0 radical (unpaired) electrons. The molecule has 0 N–H and O–H groups in total. The summed E-state index contributed by atoms with van der Waals surface area (Å²) in [6, 6.07) is 4.14. The van der Waals surface area contributed by atoms with Crippen molar-refractivity contribution in [2.24, 2.45) is 0 Å². The number of aryl methyl sites for hydroxylation is 2. The Kier molecular flexibility index (Phi) is 4.13. The average Bonchev–Trinajstić information content (AvgIpc) is 2.88. The molecule has 1 aromatic rings. The van der Waals surface area contributed by atoms with Crippen molar-refractivity contribution in [2.75, 3.05) is 13.1 Å². The molecule has 0 unspecified atom stereocenters. The molecule has 1 fully saturated rings. The van der Waals surface area contributed by atoms with Crippen LogP contribution in [0, 0.1) is 20.8 Å². The van der Waals surface area contributed by atoms with Gasteiger partial charge in [-0.25, -0.2) is 0 Å². The first-order chi connectivity index (χ1) is 8.99. The molecule has 2 rings (SSSR count). The van der Waals surface area contributed by atoms with E-state index in [9.17, 15) is 4.79 Å². The zero-order valence-corrected chi connectivity index (χ0v) is 12.3. The van der Waals surface area contributed by atoms with Gasteiger partial charge in [0.25, 0.3) is 5.91 Å². The largest absolute Gasteiger partial charge is 0.481 e. The molecule has 104 valence electrons. The van der Waals surface area contributed by atoms with Gasteiger partial charge < -0.3 is 9.64 Å². The van der Waals surface area contributed by atoms with E-state index < -0.39 is 6.10 Å². The highest BCUT2D eigenvalue weighted by atomic mass is 16.5. The van der Waals surface area contributed by atoms with Gasteiger partial charge in [-0.3, -0.25) is 4.79 Å². The summed E-state index contributed by atoms with van der Waals surface area (Å²) in [6.45, 7) is 9.75. The van der Waals surface area contributed by atoms with Gasteiger partial charge in [-0.1, -0.05) is 6.07 Å². The van der Waals surface area contributed by atoms with Crippen LogP contribution in [0.5, 0.6) is 5.75 Å². The van der Waals surface area contributed by atoms with Crippen LogP contribution in [-0.2, 0) is 4.79 Å². The molecule has 0 aliphatic carbocycles. The van der Waals surface area contributed by atoms with E-state index in [0.29, 0.717) is 0 Å². The summed E-state index contributed by atoms with van der Waals surface area (Å²) in [5.74, 6) is 0.939. The summed E-state index contributed by atoms with van der Waals surface area (Å²) in [5, 5.41) is 0. The SMILES string of the molecule is Cc1cc(C)c(C)c(O[C@@H](C)C(=O)N2CCCC2)c1. The second-order valence-electron chi connectivity index (χ2n) is 5.50. The van der Waals surface area contributed by atoms with E-state index in [-0.39, 0.29) is 5.91 Å². The zero-order valence-electron chi connectivity index (χ0n) is 12.3. The average molecular weight is 261 g/mol. The highest BCUT2D eigenvalue weighted by Gasteiger charge is 2.24. The maximum Gasteiger partial charge on any atom is 0.263 e. The number of carbonyl (C=O) groups is 1. The molecule has 0 aromatic heterocycles. The molecule has 1 amide bonds. The number of hydrogen-bond donors (Lipinski definition) is 0. The van der Waals surface area contributed by atoms with E-state index in [1.54, 1.807) is 0 Å². The summed E-state index contributed by atoms with van der Waals surface area (Å²) >= 11 is 0. The Balaban J connectivity index is 2.10. The quantitative estimate of drug-likeness (QED) is 0.837. The molecule has 1 aliphatic heterocycles. The van der Waals surface area contributed by atoms with Gasteiger partial charge in [0.05, 0.1) is 0 Å². The predicted octanol–water partition coefficient (Wildman–Crippen LogP) is 3.00. The molecule has 0 spiro atoms. The van der Waals surface area contributed by atoms with Gasteiger partial charge in [-0.2, -0.15) is 0 Å². The lowest BCUT2D eigenvalue weighted by atomic mass is 10.1. The number of benzene rings is 1.